The molecule has 90 valence electrons. The van der Waals surface area contributed by atoms with E-state index in [1.54, 1.807) is 7.11 Å². The third kappa shape index (κ3) is 4.47. The number of nitrogens with zero attached hydrogens (tertiary/aromatic N) is 2. The van der Waals surface area contributed by atoms with Gasteiger partial charge in [0.25, 0.3) is 0 Å². The van der Waals surface area contributed by atoms with Crippen molar-refractivity contribution in [1.29, 1.82) is 0 Å². The van der Waals surface area contributed by atoms with Crippen molar-refractivity contribution >= 4 is 0 Å². The molecule has 0 aromatic rings. The largest absolute Gasteiger partial charge is 0.385 e. The number of nitrogens with two attached hydrogens (primary N) is 1. The molecule has 1 atom stereocenters. The minimum absolute atomic E-state index is 0.705. The molecule has 1 aliphatic heterocycles. The Labute approximate surface area is 93.4 Å². The van der Waals surface area contributed by atoms with Crippen molar-refractivity contribution in [3.8, 4) is 0 Å². The van der Waals surface area contributed by atoms with E-state index in [1.165, 1.54) is 26.1 Å². The highest BCUT2D eigenvalue weighted by Crippen LogP contribution is 2.13. The number of hydrogen-bond donors (Lipinski definition) is 1. The number of hydrogen-bond acceptors (Lipinski definition) is 4. The second-order valence-electron chi connectivity index (χ2n) is 4.36. The van der Waals surface area contributed by atoms with Gasteiger partial charge < -0.3 is 20.3 Å². The van der Waals surface area contributed by atoms with Gasteiger partial charge in [-0.25, -0.2) is 0 Å². The predicted octanol–water partition coefficient (Wildman–Crippen LogP) is -0.0123. The Bertz CT molecular complexity index is 166. The number of likely N-dealkylation sites (tertiary alicyclic amines) is 1. The SMILES string of the molecule is COCCCN1CCC(N(C)CCN)C1. The summed E-state index contributed by atoms with van der Waals surface area (Å²) < 4.78 is 5.06. The second-order valence-corrected chi connectivity index (χ2v) is 4.36. The maximum Gasteiger partial charge on any atom is 0.0474 e. The van der Waals surface area contributed by atoms with Gasteiger partial charge in [-0.05, 0) is 26.4 Å². The minimum atomic E-state index is 0.705. The van der Waals surface area contributed by atoms with Crippen LogP contribution in [0.4, 0.5) is 0 Å². The van der Waals surface area contributed by atoms with Gasteiger partial charge in [0.1, 0.15) is 0 Å². The number of rotatable bonds is 7. The molecule has 0 bridgehead atoms. The second kappa shape index (κ2) is 7.17. The summed E-state index contributed by atoms with van der Waals surface area (Å²) in [6, 6.07) is 0.705. The molecule has 1 rings (SSSR count). The van der Waals surface area contributed by atoms with Crippen LogP contribution >= 0.6 is 0 Å². The van der Waals surface area contributed by atoms with E-state index < -0.39 is 0 Å². The summed E-state index contributed by atoms with van der Waals surface area (Å²) in [6.45, 7) is 6.23. The topological polar surface area (TPSA) is 41.7 Å². The Hall–Kier alpha value is -0.160. The number of methoxy groups -OCH3 is 1. The zero-order chi connectivity index (χ0) is 11.1. The predicted molar refractivity (Wildman–Crippen MR) is 63.0 cm³/mol. The van der Waals surface area contributed by atoms with E-state index in [0.717, 1.165) is 26.1 Å². The van der Waals surface area contributed by atoms with Crippen molar-refractivity contribution in [2.75, 3.05) is 53.5 Å². The smallest absolute Gasteiger partial charge is 0.0474 e. The van der Waals surface area contributed by atoms with E-state index in [9.17, 15) is 0 Å². The first kappa shape index (κ1) is 12.9. The summed E-state index contributed by atoms with van der Waals surface area (Å²) in [7, 11) is 3.94. The molecule has 0 aliphatic carbocycles. The zero-order valence-electron chi connectivity index (χ0n) is 10.1. The van der Waals surface area contributed by atoms with Gasteiger partial charge in [-0.1, -0.05) is 0 Å². The van der Waals surface area contributed by atoms with Crippen LogP contribution in [0, 0.1) is 0 Å². The molecule has 0 radical (unpaired) electrons. The molecule has 1 aliphatic rings. The Kier molecular flexibility index (Phi) is 6.17. The molecule has 1 heterocycles. The van der Waals surface area contributed by atoms with Gasteiger partial charge in [0.2, 0.25) is 0 Å². The van der Waals surface area contributed by atoms with E-state index in [4.69, 9.17) is 10.5 Å². The monoisotopic (exact) mass is 215 g/mol. The van der Waals surface area contributed by atoms with Crippen LogP contribution in [-0.2, 0) is 4.74 Å². The van der Waals surface area contributed by atoms with Gasteiger partial charge in [-0.3, -0.25) is 0 Å². The zero-order valence-corrected chi connectivity index (χ0v) is 10.1. The van der Waals surface area contributed by atoms with Crippen molar-refractivity contribution in [3.05, 3.63) is 0 Å². The molecular formula is C11H25N3O. The first-order chi connectivity index (χ1) is 7.27. The molecule has 4 heteroatoms. The molecule has 2 N–H and O–H groups in total. The summed E-state index contributed by atoms with van der Waals surface area (Å²) in [6.07, 6.45) is 2.42. The molecule has 0 spiro atoms. The maximum atomic E-state index is 5.56. The normalized spacial score (nSPS) is 22.8. The lowest BCUT2D eigenvalue weighted by molar-refractivity contribution is 0.175. The van der Waals surface area contributed by atoms with E-state index in [0.29, 0.717) is 6.04 Å². The van der Waals surface area contributed by atoms with Crippen molar-refractivity contribution < 1.29 is 4.74 Å². The summed E-state index contributed by atoms with van der Waals surface area (Å²) >= 11 is 0. The fourth-order valence-corrected chi connectivity index (χ4v) is 2.19. The Morgan fingerprint density at radius 1 is 1.53 bits per heavy atom. The third-order valence-corrected chi connectivity index (χ3v) is 3.18. The highest BCUT2D eigenvalue weighted by molar-refractivity contribution is 4.81. The van der Waals surface area contributed by atoms with E-state index in [-0.39, 0.29) is 0 Å². The minimum Gasteiger partial charge on any atom is -0.385 e. The van der Waals surface area contributed by atoms with Crippen LogP contribution < -0.4 is 5.73 Å². The average molecular weight is 215 g/mol. The van der Waals surface area contributed by atoms with Gasteiger partial charge >= 0.3 is 0 Å². The molecule has 1 saturated heterocycles. The van der Waals surface area contributed by atoms with Crippen LogP contribution in [0.5, 0.6) is 0 Å². The maximum absolute atomic E-state index is 5.56. The molecular weight excluding hydrogens is 190 g/mol. The van der Waals surface area contributed by atoms with Gasteiger partial charge in [0.05, 0.1) is 0 Å². The Morgan fingerprint density at radius 2 is 2.33 bits per heavy atom. The van der Waals surface area contributed by atoms with Crippen LogP contribution in [0.15, 0.2) is 0 Å². The molecule has 0 amide bonds. The fourth-order valence-electron chi connectivity index (χ4n) is 2.19. The van der Waals surface area contributed by atoms with Gasteiger partial charge in [0.15, 0.2) is 0 Å². The van der Waals surface area contributed by atoms with Crippen molar-refractivity contribution in [2.45, 2.75) is 18.9 Å². The van der Waals surface area contributed by atoms with E-state index in [1.807, 2.05) is 0 Å². The average Bonchev–Trinajstić information content (AvgIpc) is 2.67. The van der Waals surface area contributed by atoms with Crippen molar-refractivity contribution in [1.82, 2.24) is 9.80 Å². The van der Waals surface area contributed by atoms with Gasteiger partial charge in [-0.15, -0.1) is 0 Å². The van der Waals surface area contributed by atoms with Gasteiger partial charge in [0, 0.05) is 45.9 Å². The van der Waals surface area contributed by atoms with E-state index in [2.05, 4.69) is 16.8 Å². The third-order valence-electron chi connectivity index (χ3n) is 3.18. The molecule has 0 aromatic heterocycles. The van der Waals surface area contributed by atoms with Crippen LogP contribution in [0.1, 0.15) is 12.8 Å². The lowest BCUT2D eigenvalue weighted by atomic mass is 10.2. The fraction of sp³-hybridized carbons (Fsp3) is 1.00. The molecule has 15 heavy (non-hydrogen) atoms. The summed E-state index contributed by atoms with van der Waals surface area (Å²) in [4.78, 5) is 4.91. The number of likely N-dealkylation sites (N-methyl/N-ethyl adjacent to an activating group) is 1. The van der Waals surface area contributed by atoms with E-state index >= 15 is 0 Å². The van der Waals surface area contributed by atoms with Crippen LogP contribution in [0.25, 0.3) is 0 Å². The quantitative estimate of drug-likeness (QED) is 0.606. The Balaban J connectivity index is 2.14. The van der Waals surface area contributed by atoms with Crippen molar-refractivity contribution in [3.63, 3.8) is 0 Å². The van der Waals surface area contributed by atoms with Crippen LogP contribution in [0.3, 0.4) is 0 Å². The highest BCUT2D eigenvalue weighted by atomic mass is 16.5. The number of ether oxygens (including phenoxy) is 1. The summed E-state index contributed by atoms with van der Waals surface area (Å²) in [5.41, 5.74) is 5.56. The molecule has 4 nitrogen and oxygen atoms in total. The molecule has 1 unspecified atom stereocenters. The molecule has 0 saturated carbocycles. The summed E-state index contributed by atoms with van der Waals surface area (Å²) in [5, 5.41) is 0. The lowest BCUT2D eigenvalue weighted by Crippen LogP contribution is -2.37. The standard InChI is InChI=1S/C11H25N3O/c1-13(8-5-12)11-4-7-14(10-11)6-3-9-15-2/h11H,3-10,12H2,1-2H3. The van der Waals surface area contributed by atoms with Crippen LogP contribution in [0.2, 0.25) is 0 Å². The summed E-state index contributed by atoms with van der Waals surface area (Å²) in [5.74, 6) is 0. The first-order valence-corrected chi connectivity index (χ1v) is 5.89. The lowest BCUT2D eigenvalue weighted by Gasteiger charge is -2.24. The van der Waals surface area contributed by atoms with Crippen molar-refractivity contribution in [2.24, 2.45) is 5.73 Å². The first-order valence-electron chi connectivity index (χ1n) is 5.89. The Morgan fingerprint density at radius 3 is 3.00 bits per heavy atom. The van der Waals surface area contributed by atoms with Gasteiger partial charge in [-0.2, -0.15) is 0 Å². The molecule has 0 aromatic carbocycles. The molecule has 1 fully saturated rings. The van der Waals surface area contributed by atoms with Crippen LogP contribution in [-0.4, -0.2) is 69.3 Å². The highest BCUT2D eigenvalue weighted by Gasteiger charge is 2.24.